The largest absolute Gasteiger partial charge is 0.372 e. The first-order chi connectivity index (χ1) is 3.00. The Morgan fingerprint density at radius 2 is 2.33 bits per heavy atom. The van der Waals surface area contributed by atoms with Gasteiger partial charge in [0.2, 0.25) is 0 Å². The van der Waals surface area contributed by atoms with Gasteiger partial charge in [-0.25, -0.2) is 0 Å². The maximum Gasteiger partial charge on any atom is 0.0881 e. The minimum Gasteiger partial charge on any atom is -0.372 e. The molecule has 1 rings (SSSR count). The fourth-order valence-corrected chi connectivity index (χ4v) is 0.867. The van der Waals surface area contributed by atoms with E-state index in [2.05, 4.69) is 0 Å². The van der Waals surface area contributed by atoms with Crippen molar-refractivity contribution in [2.45, 2.75) is 0 Å². The fraction of sp³-hybridized carbons (Fsp3) is 1.00. The fourth-order valence-electron chi connectivity index (χ4n) is 0.328. The van der Waals surface area contributed by atoms with Crippen molar-refractivity contribution in [3.63, 3.8) is 0 Å². The molecule has 0 bridgehead atoms. The highest BCUT2D eigenvalue weighted by Gasteiger charge is 1.94. The summed E-state index contributed by atoms with van der Waals surface area (Å²) in [7, 11) is 0.579. The summed E-state index contributed by atoms with van der Waals surface area (Å²) >= 11 is 0. The van der Waals surface area contributed by atoms with E-state index in [0.29, 0.717) is 8.81 Å². The van der Waals surface area contributed by atoms with Crippen LogP contribution in [0.25, 0.3) is 0 Å². The summed E-state index contributed by atoms with van der Waals surface area (Å²) in [5, 5.41) is 0. The van der Waals surface area contributed by atoms with Gasteiger partial charge in [0.15, 0.2) is 0 Å². The Morgan fingerprint density at radius 1 is 1.33 bits per heavy atom. The average molecular weight is 106 g/mol. The van der Waals surface area contributed by atoms with Crippen molar-refractivity contribution in [1.82, 2.24) is 0 Å². The van der Waals surface area contributed by atoms with Crippen molar-refractivity contribution in [3.05, 3.63) is 0 Å². The lowest BCUT2D eigenvalue weighted by Crippen LogP contribution is -2.04. The molecule has 6 heavy (non-hydrogen) atoms. The van der Waals surface area contributed by atoms with Crippen molar-refractivity contribution in [3.8, 4) is 0 Å². The molecule has 0 aromatic carbocycles. The quantitative estimate of drug-likeness (QED) is 0.420. The number of rotatable bonds is 0. The third kappa shape index (κ3) is 1.21. The standard InChI is InChI=1S/C3H7O2P/c1-2-5-6-3-4-1/h6H,1-3H2. The van der Waals surface area contributed by atoms with Gasteiger partial charge in [-0.3, -0.25) is 0 Å². The van der Waals surface area contributed by atoms with Crippen molar-refractivity contribution < 1.29 is 9.26 Å². The predicted molar refractivity (Wildman–Crippen MR) is 25.1 cm³/mol. The van der Waals surface area contributed by atoms with Crippen LogP contribution in [-0.2, 0) is 9.26 Å². The van der Waals surface area contributed by atoms with E-state index in [9.17, 15) is 0 Å². The first-order valence-electron chi connectivity index (χ1n) is 1.92. The SMILES string of the molecule is C1COPCO1. The molecular formula is C3H7O2P. The van der Waals surface area contributed by atoms with Crippen LogP contribution in [0.5, 0.6) is 0 Å². The zero-order valence-corrected chi connectivity index (χ0v) is 4.44. The normalized spacial score (nSPS) is 28.0. The Labute approximate surface area is 38.7 Å². The van der Waals surface area contributed by atoms with Gasteiger partial charge >= 0.3 is 0 Å². The number of hydrogen-bond donors (Lipinski definition) is 0. The highest BCUT2D eigenvalue weighted by atomic mass is 31.1. The molecule has 1 saturated heterocycles. The Bertz CT molecular complexity index is 24.3. The molecule has 0 aromatic heterocycles. The first kappa shape index (κ1) is 4.51. The molecule has 36 valence electrons. The Kier molecular flexibility index (Phi) is 1.89. The minimum atomic E-state index is 0.579. The molecule has 1 aliphatic rings. The van der Waals surface area contributed by atoms with Gasteiger partial charge in [0.05, 0.1) is 19.6 Å². The van der Waals surface area contributed by atoms with E-state index in [1.54, 1.807) is 0 Å². The molecule has 0 aromatic rings. The van der Waals surface area contributed by atoms with Gasteiger partial charge < -0.3 is 9.26 Å². The first-order valence-corrected chi connectivity index (χ1v) is 3.04. The molecule has 1 fully saturated rings. The summed E-state index contributed by atoms with van der Waals surface area (Å²) in [5.74, 6) is 0. The van der Waals surface area contributed by atoms with E-state index >= 15 is 0 Å². The van der Waals surface area contributed by atoms with E-state index in [1.165, 1.54) is 0 Å². The van der Waals surface area contributed by atoms with Crippen LogP contribution in [0.1, 0.15) is 0 Å². The van der Waals surface area contributed by atoms with Crippen molar-refractivity contribution in [2.75, 3.05) is 19.6 Å². The van der Waals surface area contributed by atoms with Crippen molar-refractivity contribution in [2.24, 2.45) is 0 Å². The van der Waals surface area contributed by atoms with Crippen molar-refractivity contribution >= 4 is 8.81 Å². The lowest BCUT2D eigenvalue weighted by molar-refractivity contribution is 0.110. The zero-order chi connectivity index (χ0) is 4.24. The van der Waals surface area contributed by atoms with Gasteiger partial charge in [-0.1, -0.05) is 0 Å². The van der Waals surface area contributed by atoms with Crippen LogP contribution >= 0.6 is 8.81 Å². The monoisotopic (exact) mass is 106 g/mol. The van der Waals surface area contributed by atoms with Crippen molar-refractivity contribution in [1.29, 1.82) is 0 Å². The van der Waals surface area contributed by atoms with Crippen LogP contribution in [0, 0.1) is 0 Å². The van der Waals surface area contributed by atoms with Crippen LogP contribution in [0.15, 0.2) is 0 Å². The highest BCUT2D eigenvalue weighted by molar-refractivity contribution is 7.32. The Balaban J connectivity index is 2.00. The van der Waals surface area contributed by atoms with Crippen LogP contribution in [-0.4, -0.2) is 19.6 Å². The Morgan fingerprint density at radius 3 is 2.50 bits per heavy atom. The van der Waals surface area contributed by atoms with Gasteiger partial charge in [-0.05, 0) is 0 Å². The lowest BCUT2D eigenvalue weighted by atomic mass is 10.8. The van der Waals surface area contributed by atoms with Gasteiger partial charge in [0.25, 0.3) is 0 Å². The molecule has 1 heterocycles. The van der Waals surface area contributed by atoms with E-state index in [-0.39, 0.29) is 0 Å². The van der Waals surface area contributed by atoms with Crippen LogP contribution < -0.4 is 0 Å². The number of ether oxygens (including phenoxy) is 1. The van der Waals surface area contributed by atoms with E-state index in [0.717, 1.165) is 19.6 Å². The molecule has 3 heteroatoms. The summed E-state index contributed by atoms with van der Waals surface area (Å²) in [6, 6.07) is 0. The smallest absolute Gasteiger partial charge is 0.0881 e. The second-order valence-electron chi connectivity index (χ2n) is 1.05. The molecule has 0 aliphatic carbocycles. The molecule has 1 aliphatic heterocycles. The van der Waals surface area contributed by atoms with Crippen LogP contribution in [0.2, 0.25) is 0 Å². The molecule has 0 amide bonds. The maximum atomic E-state index is 4.97. The molecule has 0 spiro atoms. The summed E-state index contributed by atoms with van der Waals surface area (Å²) in [6.07, 6.45) is 0.806. The van der Waals surface area contributed by atoms with E-state index < -0.39 is 0 Å². The molecule has 2 nitrogen and oxygen atoms in total. The second-order valence-corrected chi connectivity index (χ2v) is 1.91. The second kappa shape index (κ2) is 2.51. The zero-order valence-electron chi connectivity index (χ0n) is 3.44. The molecule has 0 N–H and O–H groups in total. The van der Waals surface area contributed by atoms with Gasteiger partial charge in [-0.2, -0.15) is 0 Å². The van der Waals surface area contributed by atoms with E-state index in [1.807, 2.05) is 0 Å². The number of hydrogen-bond acceptors (Lipinski definition) is 2. The molecule has 1 atom stereocenters. The summed E-state index contributed by atoms with van der Waals surface area (Å²) in [4.78, 5) is 0. The summed E-state index contributed by atoms with van der Waals surface area (Å²) < 4.78 is 9.93. The predicted octanol–water partition coefficient (Wildman–Crippen LogP) is 0.584. The maximum absolute atomic E-state index is 4.97. The molecule has 0 radical (unpaired) electrons. The third-order valence-corrected chi connectivity index (χ3v) is 1.32. The summed E-state index contributed by atoms with van der Waals surface area (Å²) in [5.41, 5.74) is 0. The van der Waals surface area contributed by atoms with Gasteiger partial charge in [-0.15, -0.1) is 0 Å². The third-order valence-electron chi connectivity index (χ3n) is 0.593. The molecule has 1 unspecified atom stereocenters. The van der Waals surface area contributed by atoms with Crippen LogP contribution in [0.4, 0.5) is 0 Å². The lowest BCUT2D eigenvalue weighted by Gasteiger charge is -2.09. The van der Waals surface area contributed by atoms with Gasteiger partial charge in [0, 0.05) is 8.81 Å². The molecule has 0 saturated carbocycles. The average Bonchev–Trinajstić information content (AvgIpc) is 1.72. The summed E-state index contributed by atoms with van der Waals surface area (Å²) in [6.45, 7) is 1.57. The van der Waals surface area contributed by atoms with E-state index in [4.69, 9.17) is 9.26 Å². The Hall–Kier alpha value is 0.350. The topological polar surface area (TPSA) is 18.5 Å². The van der Waals surface area contributed by atoms with Crippen LogP contribution in [0.3, 0.4) is 0 Å². The highest BCUT2D eigenvalue weighted by Crippen LogP contribution is 2.14. The molecular weight excluding hydrogens is 99.0 g/mol. The van der Waals surface area contributed by atoms with Gasteiger partial charge in [0.1, 0.15) is 0 Å². The minimum absolute atomic E-state index is 0.579.